The molecule has 1 N–H and O–H groups in total. The normalized spacial score (nSPS) is 16.3. The minimum absolute atomic E-state index is 0.0384. The fraction of sp³-hybridized carbons (Fsp3) is 0.333. The van der Waals surface area contributed by atoms with Crippen LogP contribution < -0.4 is 4.72 Å². The molecule has 0 radical (unpaired) electrons. The second-order valence-corrected chi connectivity index (χ2v) is 9.83. The van der Waals surface area contributed by atoms with Crippen LogP contribution in [-0.2, 0) is 31.2 Å². The zero-order chi connectivity index (χ0) is 19.3. The minimum Gasteiger partial charge on any atom is -0.379 e. The zero-order valence-corrected chi connectivity index (χ0v) is 16.4. The van der Waals surface area contributed by atoms with Crippen molar-refractivity contribution in [3.63, 3.8) is 0 Å². The molecule has 146 valence electrons. The maximum atomic E-state index is 12.6. The van der Waals surface area contributed by atoms with Gasteiger partial charge in [-0.15, -0.1) is 0 Å². The van der Waals surface area contributed by atoms with Crippen molar-refractivity contribution in [2.24, 2.45) is 0 Å². The lowest BCUT2D eigenvalue weighted by Crippen LogP contribution is -2.40. The largest absolute Gasteiger partial charge is 0.379 e. The van der Waals surface area contributed by atoms with Crippen molar-refractivity contribution in [2.75, 3.05) is 32.8 Å². The summed E-state index contributed by atoms with van der Waals surface area (Å²) in [5.41, 5.74) is 1.03. The monoisotopic (exact) mass is 410 g/mol. The molecule has 0 bridgehead atoms. The van der Waals surface area contributed by atoms with E-state index in [1.54, 1.807) is 0 Å². The van der Waals surface area contributed by atoms with Crippen molar-refractivity contribution in [3.05, 3.63) is 60.2 Å². The van der Waals surface area contributed by atoms with E-state index in [-0.39, 0.29) is 16.3 Å². The first-order chi connectivity index (χ1) is 12.9. The van der Waals surface area contributed by atoms with Crippen molar-refractivity contribution in [2.45, 2.75) is 16.2 Å². The van der Waals surface area contributed by atoms with E-state index in [0.717, 1.165) is 5.56 Å². The van der Waals surface area contributed by atoms with E-state index in [1.807, 2.05) is 30.3 Å². The molecule has 3 rings (SSSR count). The van der Waals surface area contributed by atoms with Crippen LogP contribution >= 0.6 is 0 Å². The molecule has 1 fully saturated rings. The second-order valence-electron chi connectivity index (χ2n) is 6.12. The van der Waals surface area contributed by atoms with Crippen LogP contribution in [-0.4, -0.2) is 54.0 Å². The first-order valence-corrected chi connectivity index (χ1v) is 11.5. The summed E-state index contributed by atoms with van der Waals surface area (Å²) in [6.07, 6.45) is 0.573. The molecule has 7 nitrogen and oxygen atoms in total. The van der Waals surface area contributed by atoms with Crippen molar-refractivity contribution in [1.82, 2.24) is 9.03 Å². The van der Waals surface area contributed by atoms with Gasteiger partial charge in [-0.1, -0.05) is 30.3 Å². The third-order valence-electron chi connectivity index (χ3n) is 4.29. The molecule has 0 amide bonds. The zero-order valence-electron chi connectivity index (χ0n) is 14.7. The lowest BCUT2D eigenvalue weighted by molar-refractivity contribution is 0.0730. The Morgan fingerprint density at radius 3 is 2.07 bits per heavy atom. The molecule has 2 aromatic carbocycles. The van der Waals surface area contributed by atoms with Gasteiger partial charge in [0.2, 0.25) is 20.0 Å². The van der Waals surface area contributed by atoms with E-state index in [2.05, 4.69) is 4.72 Å². The number of ether oxygens (including phenoxy) is 1. The molecule has 27 heavy (non-hydrogen) atoms. The van der Waals surface area contributed by atoms with E-state index in [1.165, 1.54) is 28.6 Å². The molecular weight excluding hydrogens is 388 g/mol. The molecule has 0 atom stereocenters. The predicted molar refractivity (Wildman–Crippen MR) is 101 cm³/mol. The van der Waals surface area contributed by atoms with Gasteiger partial charge in [0.05, 0.1) is 23.0 Å². The Labute approximate surface area is 160 Å². The van der Waals surface area contributed by atoms with Gasteiger partial charge in [-0.2, -0.15) is 4.31 Å². The number of nitrogens with zero attached hydrogens (tertiary/aromatic N) is 1. The van der Waals surface area contributed by atoms with Crippen molar-refractivity contribution >= 4 is 20.0 Å². The van der Waals surface area contributed by atoms with Crippen molar-refractivity contribution in [3.8, 4) is 0 Å². The number of rotatable bonds is 7. The molecule has 0 aromatic heterocycles. The van der Waals surface area contributed by atoms with Gasteiger partial charge < -0.3 is 4.74 Å². The molecule has 2 aromatic rings. The molecule has 0 saturated carbocycles. The smallest absolute Gasteiger partial charge is 0.243 e. The van der Waals surface area contributed by atoms with Gasteiger partial charge in [0.15, 0.2) is 0 Å². The van der Waals surface area contributed by atoms with E-state index in [0.29, 0.717) is 32.7 Å². The summed E-state index contributed by atoms with van der Waals surface area (Å²) in [7, 11) is -7.34. The van der Waals surface area contributed by atoms with Gasteiger partial charge in [-0.3, -0.25) is 0 Å². The second kappa shape index (κ2) is 8.49. The summed E-state index contributed by atoms with van der Waals surface area (Å²) < 4.78 is 59.0. The van der Waals surface area contributed by atoms with Crippen molar-refractivity contribution in [1.29, 1.82) is 0 Å². The van der Waals surface area contributed by atoms with Crippen molar-refractivity contribution < 1.29 is 21.6 Å². The molecule has 0 spiro atoms. The summed E-state index contributed by atoms with van der Waals surface area (Å²) >= 11 is 0. The van der Waals surface area contributed by atoms with Crippen LogP contribution in [0.15, 0.2) is 64.4 Å². The Bertz CT molecular complexity index is 953. The maximum absolute atomic E-state index is 12.6. The molecule has 1 aliphatic rings. The first kappa shape index (κ1) is 20.0. The number of benzene rings is 2. The van der Waals surface area contributed by atoms with E-state index in [9.17, 15) is 16.8 Å². The quantitative estimate of drug-likeness (QED) is 0.741. The first-order valence-electron chi connectivity index (χ1n) is 8.61. The highest BCUT2D eigenvalue weighted by molar-refractivity contribution is 7.89. The van der Waals surface area contributed by atoms with Crippen LogP contribution in [0.1, 0.15) is 5.56 Å². The average Bonchev–Trinajstić information content (AvgIpc) is 2.69. The minimum atomic E-state index is -3.70. The predicted octanol–water partition coefficient (Wildman–Crippen LogP) is 1.23. The van der Waals surface area contributed by atoms with Crippen LogP contribution in [0.25, 0.3) is 0 Å². The highest BCUT2D eigenvalue weighted by atomic mass is 32.2. The van der Waals surface area contributed by atoms with Crippen LogP contribution in [0.5, 0.6) is 0 Å². The number of hydrogen-bond acceptors (Lipinski definition) is 5. The molecule has 1 aliphatic heterocycles. The Morgan fingerprint density at radius 2 is 1.44 bits per heavy atom. The summed E-state index contributed by atoms with van der Waals surface area (Å²) in [4.78, 5) is 0.115. The van der Waals surface area contributed by atoms with Crippen LogP contribution in [0.2, 0.25) is 0 Å². The number of morpholine rings is 1. The Kier molecular flexibility index (Phi) is 6.28. The molecular formula is C18H22N2O5S2. The third-order valence-corrected chi connectivity index (χ3v) is 7.68. The van der Waals surface area contributed by atoms with Gasteiger partial charge in [0.1, 0.15) is 0 Å². The summed E-state index contributed by atoms with van der Waals surface area (Å²) in [5.74, 6) is 0. The lowest BCUT2D eigenvalue weighted by Gasteiger charge is -2.26. The SMILES string of the molecule is O=S(=O)(NCCc1ccccc1)c1ccc(S(=O)(=O)N2CCOCC2)cc1. The fourth-order valence-electron chi connectivity index (χ4n) is 2.78. The Balaban J connectivity index is 1.66. The summed E-state index contributed by atoms with van der Waals surface area (Å²) in [6.45, 7) is 1.57. The molecule has 1 saturated heterocycles. The van der Waals surface area contributed by atoms with E-state index >= 15 is 0 Å². The molecule has 1 heterocycles. The molecule has 9 heteroatoms. The summed E-state index contributed by atoms with van der Waals surface area (Å²) in [6, 6.07) is 14.9. The average molecular weight is 411 g/mol. The maximum Gasteiger partial charge on any atom is 0.243 e. The van der Waals surface area contributed by atoms with E-state index < -0.39 is 20.0 Å². The number of sulfonamides is 2. The van der Waals surface area contributed by atoms with Gasteiger partial charge in [-0.05, 0) is 36.2 Å². The van der Waals surface area contributed by atoms with E-state index in [4.69, 9.17) is 4.74 Å². The highest BCUT2D eigenvalue weighted by Gasteiger charge is 2.26. The third kappa shape index (κ3) is 4.94. The topological polar surface area (TPSA) is 92.8 Å². The molecule has 0 aliphatic carbocycles. The number of hydrogen-bond donors (Lipinski definition) is 1. The van der Waals surface area contributed by atoms with Crippen LogP contribution in [0.4, 0.5) is 0 Å². The van der Waals surface area contributed by atoms with Gasteiger partial charge in [0, 0.05) is 19.6 Å². The standard InChI is InChI=1S/C18H22N2O5S2/c21-26(22,19-11-10-16-4-2-1-3-5-16)17-6-8-18(9-7-17)27(23,24)20-12-14-25-15-13-20/h1-9,19H,10-15H2. The van der Waals surface area contributed by atoms with Gasteiger partial charge in [0.25, 0.3) is 0 Å². The van der Waals surface area contributed by atoms with Crippen LogP contribution in [0.3, 0.4) is 0 Å². The Morgan fingerprint density at radius 1 is 0.852 bits per heavy atom. The highest BCUT2D eigenvalue weighted by Crippen LogP contribution is 2.19. The van der Waals surface area contributed by atoms with Gasteiger partial charge in [-0.25, -0.2) is 21.6 Å². The van der Waals surface area contributed by atoms with Gasteiger partial charge >= 0.3 is 0 Å². The fourth-order valence-corrected chi connectivity index (χ4v) is 5.22. The molecule has 0 unspecified atom stereocenters. The lowest BCUT2D eigenvalue weighted by atomic mass is 10.2. The summed E-state index contributed by atoms with van der Waals surface area (Å²) in [5, 5.41) is 0. The van der Waals surface area contributed by atoms with Crippen LogP contribution in [0, 0.1) is 0 Å². The Hall–Kier alpha value is -1.78. The number of nitrogens with one attached hydrogen (secondary N) is 1.